The Morgan fingerprint density at radius 1 is 1.71 bits per heavy atom. The Bertz CT molecular complexity index is 244. The van der Waals surface area contributed by atoms with Gasteiger partial charge in [-0.2, -0.15) is 17.0 Å². The molecule has 1 atom stereocenters. The van der Waals surface area contributed by atoms with Crippen molar-refractivity contribution in [1.82, 2.24) is 4.31 Å². The van der Waals surface area contributed by atoms with Crippen LogP contribution in [0.15, 0.2) is 4.40 Å². The summed E-state index contributed by atoms with van der Waals surface area (Å²) in [4.78, 5) is 0. The van der Waals surface area contributed by atoms with Gasteiger partial charge in [0.05, 0.1) is 10.7 Å². The molecule has 0 radical (unpaired) electrons. The normalized spacial score (nSPS) is 16.2. The third-order valence-corrected chi connectivity index (χ3v) is 5.21. The number of thiocarbonyl (C=S) groups is 1. The predicted molar refractivity (Wildman–Crippen MR) is 83.1 cm³/mol. The highest BCUT2D eigenvalue weighted by Crippen LogP contribution is 2.32. The van der Waals surface area contributed by atoms with Crippen molar-refractivity contribution in [1.29, 1.82) is 0 Å². The summed E-state index contributed by atoms with van der Waals surface area (Å²) < 4.78 is 4.79. The lowest BCUT2D eigenvalue weighted by atomic mass is 10.4. The largest absolute Gasteiger partial charge is 0.368 e. The van der Waals surface area contributed by atoms with Crippen molar-refractivity contribution in [3.05, 3.63) is 0 Å². The van der Waals surface area contributed by atoms with Crippen molar-refractivity contribution in [2.75, 3.05) is 12.8 Å². The lowest BCUT2D eigenvalue weighted by molar-refractivity contribution is 0.686. The first-order valence-electron chi connectivity index (χ1n) is 3.32. The molecular weight excluding hydrogens is 294 g/mol. The topological polar surface area (TPSA) is 41.6 Å². The van der Waals surface area contributed by atoms with Crippen LogP contribution < -0.4 is 5.73 Å². The van der Waals surface area contributed by atoms with Gasteiger partial charge in [0.25, 0.3) is 0 Å². The third kappa shape index (κ3) is 4.31. The molecule has 0 fully saturated rings. The highest BCUT2D eigenvalue weighted by molar-refractivity contribution is 8.21. The standard InChI is InChI=1S/C5H11N3S6/c1-14-5(11,3(9)10)2-8(13)4(6)7-12/h11-13H,2H2,1H3,(H2,6,7)(H,9,10). The molecule has 0 aliphatic carbocycles. The van der Waals surface area contributed by atoms with Gasteiger partial charge in [-0.05, 0) is 19.1 Å². The molecule has 0 spiro atoms. The van der Waals surface area contributed by atoms with Crippen LogP contribution in [0.2, 0.25) is 0 Å². The zero-order valence-corrected chi connectivity index (χ0v) is 12.5. The third-order valence-electron chi connectivity index (χ3n) is 1.40. The van der Waals surface area contributed by atoms with Crippen LogP contribution in [0, 0.1) is 0 Å². The van der Waals surface area contributed by atoms with E-state index in [1.807, 2.05) is 6.26 Å². The molecule has 3 nitrogen and oxygen atoms in total. The molecular formula is C5H11N3S6. The summed E-state index contributed by atoms with van der Waals surface area (Å²) in [5.41, 5.74) is 5.49. The minimum absolute atomic E-state index is 0.189. The monoisotopic (exact) mass is 305 g/mol. The van der Waals surface area contributed by atoms with Crippen molar-refractivity contribution < 1.29 is 0 Å². The maximum atomic E-state index is 5.49. The highest BCUT2D eigenvalue weighted by Gasteiger charge is 2.30. The van der Waals surface area contributed by atoms with Crippen LogP contribution in [-0.4, -0.2) is 31.3 Å². The van der Waals surface area contributed by atoms with E-state index >= 15 is 0 Å². The van der Waals surface area contributed by atoms with Crippen molar-refractivity contribution in [2.24, 2.45) is 10.1 Å². The molecule has 9 heteroatoms. The summed E-state index contributed by atoms with van der Waals surface area (Å²) in [6.45, 7) is 0.388. The van der Waals surface area contributed by atoms with Gasteiger partial charge in [0.1, 0.15) is 4.08 Å². The molecule has 0 saturated carbocycles. The number of thiol groups is 4. The first-order valence-corrected chi connectivity index (χ1v) is 6.65. The molecule has 0 aliphatic rings. The van der Waals surface area contributed by atoms with Gasteiger partial charge >= 0.3 is 0 Å². The molecule has 0 aromatic rings. The van der Waals surface area contributed by atoms with E-state index in [1.165, 1.54) is 16.1 Å². The Labute approximate surface area is 116 Å². The fourth-order valence-corrected chi connectivity index (χ4v) is 2.43. The van der Waals surface area contributed by atoms with Crippen molar-refractivity contribution in [3.63, 3.8) is 0 Å². The van der Waals surface area contributed by atoms with E-state index in [1.54, 1.807) is 0 Å². The lowest BCUT2D eigenvalue weighted by Crippen LogP contribution is -2.41. The predicted octanol–water partition coefficient (Wildman–Crippen LogP) is 1.54. The number of nitrogens with zero attached hydrogens (tertiary/aromatic N) is 2. The first-order chi connectivity index (χ1) is 6.37. The number of nitrogens with two attached hydrogens (primary N) is 1. The summed E-state index contributed by atoms with van der Waals surface area (Å²) in [6.07, 6.45) is 1.88. The van der Waals surface area contributed by atoms with Gasteiger partial charge < -0.3 is 5.73 Å². The van der Waals surface area contributed by atoms with E-state index in [9.17, 15) is 0 Å². The van der Waals surface area contributed by atoms with Crippen LogP contribution >= 0.6 is 74.9 Å². The molecule has 0 aliphatic heterocycles. The SMILES string of the molecule is CSC(S)(CN(S)C(N)=NS)C(=S)S. The van der Waals surface area contributed by atoms with Gasteiger partial charge in [-0.3, -0.25) is 4.31 Å². The van der Waals surface area contributed by atoms with Crippen molar-refractivity contribution in [3.8, 4) is 0 Å². The van der Waals surface area contributed by atoms with E-state index in [-0.39, 0.29) is 5.96 Å². The van der Waals surface area contributed by atoms with E-state index in [4.69, 9.17) is 18.0 Å². The molecule has 14 heavy (non-hydrogen) atoms. The Kier molecular flexibility index (Phi) is 7.17. The van der Waals surface area contributed by atoms with Crippen LogP contribution in [0.1, 0.15) is 0 Å². The molecule has 0 rings (SSSR count). The summed E-state index contributed by atoms with van der Waals surface area (Å²) in [5, 5.41) is 0. The van der Waals surface area contributed by atoms with Crippen LogP contribution in [0.3, 0.4) is 0 Å². The smallest absolute Gasteiger partial charge is 0.212 e. The maximum Gasteiger partial charge on any atom is 0.212 e. The molecule has 0 bridgehead atoms. The van der Waals surface area contributed by atoms with E-state index in [0.717, 1.165) is 0 Å². The van der Waals surface area contributed by atoms with Gasteiger partial charge in [-0.15, -0.1) is 24.4 Å². The van der Waals surface area contributed by atoms with Gasteiger partial charge in [0.2, 0.25) is 5.96 Å². The summed E-state index contributed by atoms with van der Waals surface area (Å²) in [7, 11) is 0. The first kappa shape index (κ1) is 15.1. The number of hydrogen-bond acceptors (Lipinski definition) is 6. The summed E-state index contributed by atoms with van der Waals surface area (Å²) in [5.74, 6) is 0.189. The minimum atomic E-state index is -0.594. The van der Waals surface area contributed by atoms with Gasteiger partial charge in [0.15, 0.2) is 0 Å². The van der Waals surface area contributed by atoms with Crippen molar-refractivity contribution in [2.45, 2.75) is 4.08 Å². The number of thioether (sulfide) groups is 1. The second kappa shape index (κ2) is 6.64. The Morgan fingerprint density at radius 2 is 2.21 bits per heavy atom. The average molecular weight is 306 g/mol. The summed E-state index contributed by atoms with van der Waals surface area (Å²) >= 11 is 22.7. The van der Waals surface area contributed by atoms with E-state index < -0.39 is 4.08 Å². The molecule has 82 valence electrons. The zero-order chi connectivity index (χ0) is 11.4. The second-order valence-electron chi connectivity index (χ2n) is 2.31. The molecule has 2 N–H and O–H groups in total. The van der Waals surface area contributed by atoms with Crippen LogP contribution in [-0.2, 0) is 0 Å². The highest BCUT2D eigenvalue weighted by atomic mass is 32.2. The Balaban J connectivity index is 4.55. The molecule has 0 aromatic carbocycles. The van der Waals surface area contributed by atoms with Crippen LogP contribution in [0.4, 0.5) is 0 Å². The van der Waals surface area contributed by atoms with Gasteiger partial charge in [-0.1, -0.05) is 25.0 Å². The van der Waals surface area contributed by atoms with Crippen LogP contribution in [0.5, 0.6) is 0 Å². The fourth-order valence-electron chi connectivity index (χ4n) is 0.555. The van der Waals surface area contributed by atoms with E-state index in [2.05, 4.69) is 55.3 Å². The second-order valence-corrected chi connectivity index (χ2v) is 6.32. The van der Waals surface area contributed by atoms with Crippen LogP contribution in [0.25, 0.3) is 0 Å². The fraction of sp³-hybridized carbons (Fsp3) is 0.600. The van der Waals surface area contributed by atoms with Gasteiger partial charge in [0, 0.05) is 0 Å². The van der Waals surface area contributed by atoms with E-state index in [0.29, 0.717) is 10.7 Å². The number of hydrogen-bond donors (Lipinski definition) is 5. The maximum absolute atomic E-state index is 5.49. The Hall–Kier alpha value is 1.11. The molecule has 0 aromatic heterocycles. The minimum Gasteiger partial charge on any atom is -0.368 e. The summed E-state index contributed by atoms with van der Waals surface area (Å²) in [6, 6.07) is 0. The van der Waals surface area contributed by atoms with Crippen molar-refractivity contribution >= 4 is 85.0 Å². The molecule has 0 saturated heterocycles. The van der Waals surface area contributed by atoms with Gasteiger partial charge in [-0.25, -0.2) is 0 Å². The Morgan fingerprint density at radius 3 is 2.50 bits per heavy atom. The zero-order valence-electron chi connectivity index (χ0n) is 7.28. The quantitative estimate of drug-likeness (QED) is 0.180. The average Bonchev–Trinajstić information content (AvgIpc) is 2.15. The number of rotatable bonds is 4. The molecule has 0 amide bonds. The molecule has 1 unspecified atom stereocenters. The molecule has 0 heterocycles. The lowest BCUT2D eigenvalue weighted by Gasteiger charge is -2.29. The number of guanidine groups is 1.